The van der Waals surface area contributed by atoms with Crippen LogP contribution in [0.3, 0.4) is 0 Å². The summed E-state index contributed by atoms with van der Waals surface area (Å²) < 4.78 is 0. The van der Waals surface area contributed by atoms with E-state index in [4.69, 9.17) is 0 Å². The highest BCUT2D eigenvalue weighted by molar-refractivity contribution is 5.53. The first-order valence-electron chi connectivity index (χ1n) is 5.55. The molecule has 0 unspecified atom stereocenters. The molecule has 1 aromatic carbocycles. The van der Waals surface area contributed by atoms with E-state index < -0.39 is 0 Å². The SMILES string of the molecule is Cc1cnc(CNc2ccc([N+](=O)[O-])c(C)c2)[nH]1. The second kappa shape index (κ2) is 4.87. The monoisotopic (exact) mass is 246 g/mol. The number of imidazole rings is 1. The summed E-state index contributed by atoms with van der Waals surface area (Å²) in [7, 11) is 0. The van der Waals surface area contributed by atoms with E-state index in [1.54, 1.807) is 25.3 Å². The zero-order valence-corrected chi connectivity index (χ0v) is 10.2. The first kappa shape index (κ1) is 12.1. The van der Waals surface area contributed by atoms with Crippen molar-refractivity contribution in [1.29, 1.82) is 0 Å². The van der Waals surface area contributed by atoms with Gasteiger partial charge in [-0.15, -0.1) is 0 Å². The van der Waals surface area contributed by atoms with Crippen molar-refractivity contribution >= 4 is 11.4 Å². The van der Waals surface area contributed by atoms with Gasteiger partial charge in [0.2, 0.25) is 0 Å². The first-order chi connectivity index (χ1) is 8.56. The highest BCUT2D eigenvalue weighted by atomic mass is 16.6. The van der Waals surface area contributed by atoms with Gasteiger partial charge >= 0.3 is 0 Å². The first-order valence-corrected chi connectivity index (χ1v) is 5.55. The Hall–Kier alpha value is -2.37. The lowest BCUT2D eigenvalue weighted by atomic mass is 10.2. The van der Waals surface area contributed by atoms with Crippen LogP contribution in [0.25, 0.3) is 0 Å². The molecule has 0 amide bonds. The Labute approximate surface area is 104 Å². The Bertz CT molecular complexity index is 577. The van der Waals surface area contributed by atoms with Crippen LogP contribution in [0.15, 0.2) is 24.4 Å². The number of nitro groups is 1. The molecule has 2 aromatic rings. The summed E-state index contributed by atoms with van der Waals surface area (Å²) in [6, 6.07) is 4.96. The Morgan fingerprint density at radius 2 is 2.22 bits per heavy atom. The van der Waals surface area contributed by atoms with Crippen LogP contribution in [0.4, 0.5) is 11.4 Å². The van der Waals surface area contributed by atoms with E-state index in [1.807, 2.05) is 6.92 Å². The second-order valence-corrected chi connectivity index (χ2v) is 4.12. The molecule has 0 aliphatic rings. The van der Waals surface area contributed by atoms with E-state index in [-0.39, 0.29) is 10.6 Å². The summed E-state index contributed by atoms with van der Waals surface area (Å²) >= 11 is 0. The van der Waals surface area contributed by atoms with Crippen molar-refractivity contribution < 1.29 is 4.92 Å². The molecule has 0 saturated carbocycles. The molecular weight excluding hydrogens is 232 g/mol. The fourth-order valence-electron chi connectivity index (χ4n) is 1.71. The average Bonchev–Trinajstić information content (AvgIpc) is 2.72. The maximum absolute atomic E-state index is 10.7. The summed E-state index contributed by atoms with van der Waals surface area (Å²) in [5.74, 6) is 0.837. The second-order valence-electron chi connectivity index (χ2n) is 4.12. The van der Waals surface area contributed by atoms with Gasteiger partial charge in [-0.2, -0.15) is 0 Å². The van der Waals surface area contributed by atoms with Gasteiger partial charge in [-0.1, -0.05) is 0 Å². The van der Waals surface area contributed by atoms with E-state index in [0.717, 1.165) is 17.2 Å². The minimum Gasteiger partial charge on any atom is -0.378 e. The molecule has 1 aromatic heterocycles. The fourth-order valence-corrected chi connectivity index (χ4v) is 1.71. The van der Waals surface area contributed by atoms with Gasteiger partial charge in [0.1, 0.15) is 5.82 Å². The average molecular weight is 246 g/mol. The molecule has 18 heavy (non-hydrogen) atoms. The number of rotatable bonds is 4. The Balaban J connectivity index is 2.06. The number of anilines is 1. The van der Waals surface area contributed by atoms with Crippen LogP contribution in [0.2, 0.25) is 0 Å². The van der Waals surface area contributed by atoms with Crippen LogP contribution >= 0.6 is 0 Å². The minimum atomic E-state index is -0.380. The Morgan fingerprint density at radius 3 is 2.78 bits per heavy atom. The number of nitrogens with zero attached hydrogens (tertiary/aromatic N) is 2. The lowest BCUT2D eigenvalue weighted by molar-refractivity contribution is -0.385. The third kappa shape index (κ3) is 2.65. The summed E-state index contributed by atoms with van der Waals surface area (Å²) in [4.78, 5) is 17.6. The van der Waals surface area contributed by atoms with Gasteiger partial charge in [0.25, 0.3) is 5.69 Å². The predicted molar refractivity (Wildman–Crippen MR) is 68.5 cm³/mol. The van der Waals surface area contributed by atoms with Crippen LogP contribution in [0, 0.1) is 24.0 Å². The van der Waals surface area contributed by atoms with Crippen molar-refractivity contribution in [1.82, 2.24) is 9.97 Å². The van der Waals surface area contributed by atoms with Crippen molar-refractivity contribution in [2.75, 3.05) is 5.32 Å². The molecule has 0 spiro atoms. The zero-order valence-electron chi connectivity index (χ0n) is 10.2. The van der Waals surface area contributed by atoms with Gasteiger partial charge in [0.15, 0.2) is 0 Å². The third-order valence-electron chi connectivity index (χ3n) is 2.61. The summed E-state index contributed by atoms with van der Waals surface area (Å²) in [6.07, 6.45) is 1.76. The van der Waals surface area contributed by atoms with Crippen molar-refractivity contribution in [3.05, 3.63) is 51.6 Å². The Kier molecular flexibility index (Phi) is 3.27. The maximum atomic E-state index is 10.7. The standard InChI is InChI=1S/C12H14N4O2/c1-8-5-10(3-4-11(8)16(17)18)13-7-12-14-6-9(2)15-12/h3-6,13H,7H2,1-2H3,(H,14,15). The number of H-pyrrole nitrogens is 1. The number of aromatic amines is 1. The lowest BCUT2D eigenvalue weighted by Crippen LogP contribution is -2.02. The number of nitrogens with one attached hydrogen (secondary N) is 2. The molecule has 0 bridgehead atoms. The molecule has 6 heteroatoms. The fraction of sp³-hybridized carbons (Fsp3) is 0.250. The van der Waals surface area contributed by atoms with Crippen LogP contribution < -0.4 is 5.32 Å². The Morgan fingerprint density at radius 1 is 1.44 bits per heavy atom. The van der Waals surface area contributed by atoms with E-state index >= 15 is 0 Å². The van der Waals surface area contributed by atoms with Crippen molar-refractivity contribution in [2.24, 2.45) is 0 Å². The summed E-state index contributed by atoms with van der Waals surface area (Å²) in [5, 5.41) is 13.9. The number of aryl methyl sites for hydroxylation is 2. The number of hydrogen-bond acceptors (Lipinski definition) is 4. The van der Waals surface area contributed by atoms with Crippen LogP contribution in [-0.4, -0.2) is 14.9 Å². The third-order valence-corrected chi connectivity index (χ3v) is 2.61. The molecule has 6 nitrogen and oxygen atoms in total. The smallest absolute Gasteiger partial charge is 0.272 e. The number of hydrogen-bond donors (Lipinski definition) is 2. The molecule has 0 aliphatic heterocycles. The maximum Gasteiger partial charge on any atom is 0.272 e. The topological polar surface area (TPSA) is 83.8 Å². The van der Waals surface area contributed by atoms with Crippen molar-refractivity contribution in [3.63, 3.8) is 0 Å². The molecule has 0 atom stereocenters. The molecule has 0 fully saturated rings. The van der Waals surface area contributed by atoms with Gasteiger partial charge in [-0.05, 0) is 26.0 Å². The number of aromatic nitrogens is 2. The highest BCUT2D eigenvalue weighted by Gasteiger charge is 2.09. The quantitative estimate of drug-likeness (QED) is 0.641. The molecule has 0 saturated heterocycles. The highest BCUT2D eigenvalue weighted by Crippen LogP contribution is 2.21. The van der Waals surface area contributed by atoms with E-state index in [1.165, 1.54) is 6.07 Å². The number of benzene rings is 1. The lowest BCUT2D eigenvalue weighted by Gasteiger charge is -2.05. The molecule has 2 rings (SSSR count). The van der Waals surface area contributed by atoms with Gasteiger partial charge in [0.05, 0.1) is 11.5 Å². The molecule has 0 radical (unpaired) electrons. The van der Waals surface area contributed by atoms with Crippen LogP contribution in [-0.2, 0) is 6.54 Å². The molecule has 94 valence electrons. The van der Waals surface area contributed by atoms with E-state index in [0.29, 0.717) is 12.1 Å². The van der Waals surface area contributed by atoms with Gasteiger partial charge < -0.3 is 10.3 Å². The van der Waals surface area contributed by atoms with E-state index in [2.05, 4.69) is 15.3 Å². The summed E-state index contributed by atoms with van der Waals surface area (Å²) in [6.45, 7) is 4.22. The van der Waals surface area contributed by atoms with E-state index in [9.17, 15) is 10.1 Å². The zero-order chi connectivity index (χ0) is 13.1. The number of nitro benzene ring substituents is 1. The largest absolute Gasteiger partial charge is 0.378 e. The van der Waals surface area contributed by atoms with Crippen LogP contribution in [0.5, 0.6) is 0 Å². The van der Waals surface area contributed by atoms with Gasteiger partial charge in [-0.25, -0.2) is 4.98 Å². The predicted octanol–water partition coefficient (Wildman–Crippen LogP) is 2.55. The van der Waals surface area contributed by atoms with Crippen LogP contribution in [0.1, 0.15) is 17.1 Å². The van der Waals surface area contributed by atoms with Crippen molar-refractivity contribution in [3.8, 4) is 0 Å². The molecule has 0 aliphatic carbocycles. The molecule has 1 heterocycles. The van der Waals surface area contributed by atoms with Crippen molar-refractivity contribution in [2.45, 2.75) is 20.4 Å². The van der Waals surface area contributed by atoms with Gasteiger partial charge in [0, 0.05) is 29.2 Å². The molecular formula is C12H14N4O2. The summed E-state index contributed by atoms with van der Waals surface area (Å²) in [5.41, 5.74) is 2.62. The normalized spacial score (nSPS) is 10.3. The molecule has 2 N–H and O–H groups in total. The minimum absolute atomic E-state index is 0.134. The van der Waals surface area contributed by atoms with Gasteiger partial charge in [-0.3, -0.25) is 10.1 Å².